The Hall–Kier alpha value is -5.51. The average Bonchev–Trinajstić information content (AvgIpc) is 3.60. The first-order chi connectivity index (χ1) is 22.2. The van der Waals surface area contributed by atoms with E-state index < -0.39 is 0 Å². The van der Waals surface area contributed by atoms with Gasteiger partial charge in [0.05, 0.1) is 15.7 Å². The van der Waals surface area contributed by atoms with Gasteiger partial charge in [-0.25, -0.2) is 4.98 Å². The number of fused-ring (bicyclic) bond motifs is 10. The molecule has 0 unspecified atom stereocenters. The maximum absolute atomic E-state index is 4.94. The number of aromatic nitrogens is 2. The summed E-state index contributed by atoms with van der Waals surface area (Å²) in [6.45, 7) is 6.72. The highest BCUT2D eigenvalue weighted by atomic mass is 32.1. The fourth-order valence-electron chi connectivity index (χ4n) is 6.94. The van der Waals surface area contributed by atoms with Crippen LogP contribution in [-0.4, -0.2) is 9.55 Å². The topological polar surface area (TPSA) is 17.8 Å². The summed E-state index contributed by atoms with van der Waals surface area (Å²) in [6, 6.07) is 43.7. The van der Waals surface area contributed by atoms with Crippen molar-refractivity contribution in [3.8, 4) is 5.82 Å². The Labute approximate surface area is 264 Å². The summed E-state index contributed by atoms with van der Waals surface area (Å²) < 4.78 is 4.56. The Morgan fingerprint density at radius 3 is 1.78 bits per heavy atom. The van der Waals surface area contributed by atoms with Crippen molar-refractivity contribution in [3.05, 3.63) is 149 Å². The van der Waals surface area contributed by atoms with E-state index >= 15 is 0 Å². The maximum atomic E-state index is 4.94. The van der Waals surface area contributed by atoms with Gasteiger partial charge in [0.1, 0.15) is 5.82 Å². The Morgan fingerprint density at radius 1 is 0.622 bits per heavy atom. The number of thiophene rings is 1. The number of hydrogen-bond acceptors (Lipinski definition) is 2. The van der Waals surface area contributed by atoms with E-state index in [2.05, 4.69) is 152 Å². The molecular formula is C42H28N2S. The Kier molecular flexibility index (Phi) is 5.77. The Morgan fingerprint density at radius 2 is 1.16 bits per heavy atom. The molecule has 6 aromatic carbocycles. The number of allylic oxidation sites excluding steroid dienone is 2. The van der Waals surface area contributed by atoms with E-state index in [9.17, 15) is 0 Å². The third-order valence-corrected chi connectivity index (χ3v) is 10.3. The summed E-state index contributed by atoms with van der Waals surface area (Å²) in [4.78, 5) is 4.94. The van der Waals surface area contributed by atoms with Crippen molar-refractivity contribution in [2.75, 3.05) is 0 Å². The highest BCUT2D eigenvalue weighted by Gasteiger charge is 2.14. The zero-order valence-corrected chi connectivity index (χ0v) is 25.6. The van der Waals surface area contributed by atoms with Crippen LogP contribution in [0.4, 0.5) is 0 Å². The molecule has 0 radical (unpaired) electrons. The number of nitrogens with zero attached hydrogens (tertiary/aromatic N) is 2. The average molecular weight is 593 g/mol. The third kappa shape index (κ3) is 3.98. The molecule has 0 N–H and O–H groups in total. The number of pyridine rings is 1. The Bertz CT molecular complexity index is 2710. The zero-order valence-electron chi connectivity index (χ0n) is 24.8. The van der Waals surface area contributed by atoms with Crippen LogP contribution in [0.1, 0.15) is 12.5 Å². The standard InChI is InChI=1S/C42H28N2S/c1-26(28-20-21-33-31-13-4-3-11-29(31)30-12-5-6-14-32(30)37(33)23-28)19-22-40-27(2)36-24-42(43-25-41(36)45-40)44-38-17-9-7-15-34(38)35-16-8-10-18-39(35)44/h3-25H,2H2,1H3/b26-19+,40-22+. The predicted octanol–water partition coefficient (Wildman–Crippen LogP) is 10.1. The van der Waals surface area contributed by atoms with Gasteiger partial charge in [-0.3, -0.25) is 4.57 Å². The molecule has 0 fully saturated rings. The van der Waals surface area contributed by atoms with E-state index in [-0.39, 0.29) is 0 Å². The molecule has 3 heterocycles. The molecule has 2 nitrogen and oxygen atoms in total. The summed E-state index contributed by atoms with van der Waals surface area (Å²) in [6.07, 6.45) is 6.44. The minimum Gasteiger partial charge on any atom is -0.294 e. The molecule has 0 amide bonds. The summed E-state index contributed by atoms with van der Waals surface area (Å²) in [5, 5.41) is 12.4. The van der Waals surface area contributed by atoms with Crippen molar-refractivity contribution in [1.29, 1.82) is 0 Å². The smallest absolute Gasteiger partial charge is 0.138 e. The normalized spacial score (nSPS) is 12.9. The molecule has 0 aliphatic carbocycles. The van der Waals surface area contributed by atoms with Crippen molar-refractivity contribution in [3.63, 3.8) is 0 Å². The van der Waals surface area contributed by atoms with E-state index in [1.807, 2.05) is 6.20 Å². The van der Waals surface area contributed by atoms with Gasteiger partial charge in [-0.05, 0) is 85.9 Å². The largest absolute Gasteiger partial charge is 0.294 e. The van der Waals surface area contributed by atoms with Gasteiger partial charge in [0.2, 0.25) is 0 Å². The number of rotatable bonds is 3. The van der Waals surface area contributed by atoms with Gasteiger partial charge in [0.15, 0.2) is 0 Å². The predicted molar refractivity (Wildman–Crippen MR) is 196 cm³/mol. The fourth-order valence-corrected chi connectivity index (χ4v) is 7.94. The zero-order chi connectivity index (χ0) is 30.1. The third-order valence-electron chi connectivity index (χ3n) is 9.19. The first-order valence-electron chi connectivity index (χ1n) is 15.2. The van der Waals surface area contributed by atoms with Gasteiger partial charge in [-0.1, -0.05) is 110 Å². The molecule has 3 heteroatoms. The lowest BCUT2D eigenvalue weighted by molar-refractivity contribution is 1.09. The molecule has 0 atom stereocenters. The van der Waals surface area contributed by atoms with Crippen LogP contribution >= 0.6 is 11.3 Å². The molecule has 0 bridgehead atoms. The van der Waals surface area contributed by atoms with Crippen LogP contribution in [0.15, 0.2) is 134 Å². The van der Waals surface area contributed by atoms with Crippen LogP contribution in [0.25, 0.3) is 88.3 Å². The number of benzene rings is 6. The van der Waals surface area contributed by atoms with Crippen LogP contribution in [0.5, 0.6) is 0 Å². The summed E-state index contributed by atoms with van der Waals surface area (Å²) in [5.74, 6) is 0.914. The van der Waals surface area contributed by atoms with Crippen LogP contribution in [0.3, 0.4) is 0 Å². The van der Waals surface area contributed by atoms with Crippen molar-refractivity contribution in [2.24, 2.45) is 0 Å². The van der Waals surface area contributed by atoms with Crippen LogP contribution in [0, 0.1) is 0 Å². The van der Waals surface area contributed by atoms with Crippen molar-refractivity contribution < 1.29 is 0 Å². The van der Waals surface area contributed by atoms with E-state index in [0.717, 1.165) is 36.7 Å². The lowest BCUT2D eigenvalue weighted by atomic mass is 9.92. The number of hydrogen-bond donors (Lipinski definition) is 0. The molecule has 3 aromatic heterocycles. The van der Waals surface area contributed by atoms with Gasteiger partial charge < -0.3 is 0 Å². The molecule has 9 rings (SSSR count). The monoisotopic (exact) mass is 592 g/mol. The van der Waals surface area contributed by atoms with E-state index in [1.165, 1.54) is 54.2 Å². The summed E-state index contributed by atoms with van der Waals surface area (Å²) >= 11 is 1.75. The highest BCUT2D eigenvalue weighted by Crippen LogP contribution is 2.36. The van der Waals surface area contributed by atoms with Gasteiger partial charge in [-0.15, -0.1) is 11.3 Å². The number of para-hydroxylation sites is 2. The lowest BCUT2D eigenvalue weighted by Gasteiger charge is -2.12. The van der Waals surface area contributed by atoms with Gasteiger partial charge in [-0.2, -0.15) is 0 Å². The molecule has 0 aliphatic rings. The SMILES string of the molecule is C=c1/c(=C\C=C(/C)c2ccc3c4ccccc4c4ccccc4c3c2)sc2cnc(-n3c4ccccc4c4ccccc43)cc12. The van der Waals surface area contributed by atoms with Gasteiger partial charge in [0.25, 0.3) is 0 Å². The maximum Gasteiger partial charge on any atom is 0.138 e. The minimum atomic E-state index is 0.914. The lowest BCUT2D eigenvalue weighted by Crippen LogP contribution is -2.15. The second-order valence-corrected chi connectivity index (χ2v) is 12.8. The molecular weight excluding hydrogens is 565 g/mol. The van der Waals surface area contributed by atoms with Crippen molar-refractivity contribution in [1.82, 2.24) is 9.55 Å². The summed E-state index contributed by atoms with van der Waals surface area (Å²) in [5.41, 5.74) is 4.76. The molecule has 0 saturated heterocycles. The molecule has 45 heavy (non-hydrogen) atoms. The van der Waals surface area contributed by atoms with Crippen LogP contribution in [0.2, 0.25) is 0 Å². The van der Waals surface area contributed by atoms with Crippen molar-refractivity contribution >= 4 is 93.8 Å². The van der Waals surface area contributed by atoms with E-state index in [4.69, 9.17) is 4.98 Å². The van der Waals surface area contributed by atoms with Crippen molar-refractivity contribution in [2.45, 2.75) is 6.92 Å². The first kappa shape index (κ1) is 25.9. The quantitative estimate of drug-likeness (QED) is 0.187. The Balaban J connectivity index is 1.16. The van der Waals surface area contributed by atoms with Crippen LogP contribution in [-0.2, 0) is 0 Å². The molecule has 0 saturated carbocycles. The highest BCUT2D eigenvalue weighted by molar-refractivity contribution is 7.17. The second kappa shape index (κ2) is 10.0. The van der Waals surface area contributed by atoms with E-state index in [0.29, 0.717) is 0 Å². The van der Waals surface area contributed by atoms with Gasteiger partial charge in [0, 0.05) is 26.9 Å². The molecule has 0 aliphatic heterocycles. The fraction of sp³-hybridized carbons (Fsp3) is 0.0238. The summed E-state index contributed by atoms with van der Waals surface area (Å²) in [7, 11) is 0. The molecule has 0 spiro atoms. The van der Waals surface area contributed by atoms with Crippen LogP contribution < -0.4 is 9.75 Å². The van der Waals surface area contributed by atoms with E-state index in [1.54, 1.807) is 11.3 Å². The minimum absolute atomic E-state index is 0.914. The molecule has 212 valence electrons. The first-order valence-corrected chi connectivity index (χ1v) is 16.1. The molecule has 9 aromatic rings. The second-order valence-electron chi connectivity index (χ2n) is 11.7. The van der Waals surface area contributed by atoms with Gasteiger partial charge >= 0.3 is 0 Å².